The Morgan fingerprint density at radius 1 is 1.30 bits per heavy atom. The van der Waals surface area contributed by atoms with Gasteiger partial charge in [-0.1, -0.05) is 12.8 Å². The molecule has 5 heteroatoms. The molecule has 1 aliphatic carbocycles. The van der Waals surface area contributed by atoms with Crippen molar-refractivity contribution >= 4 is 23.6 Å². The van der Waals surface area contributed by atoms with E-state index in [2.05, 4.69) is 12.2 Å². The Bertz CT molecular complexity index is 401. The van der Waals surface area contributed by atoms with Crippen molar-refractivity contribution in [3.05, 3.63) is 0 Å². The predicted octanol–water partition coefficient (Wildman–Crippen LogP) is 1.93. The van der Waals surface area contributed by atoms with Gasteiger partial charge in [0, 0.05) is 17.3 Å². The van der Waals surface area contributed by atoms with E-state index in [1.54, 1.807) is 4.90 Å². The van der Waals surface area contributed by atoms with E-state index < -0.39 is 0 Å². The Morgan fingerprint density at radius 2 is 2.05 bits per heavy atom. The third kappa shape index (κ3) is 2.75. The first-order valence-electron chi connectivity index (χ1n) is 7.82. The topological polar surface area (TPSA) is 49.4 Å². The van der Waals surface area contributed by atoms with Crippen molar-refractivity contribution in [3.8, 4) is 0 Å². The van der Waals surface area contributed by atoms with Crippen LogP contribution in [0.5, 0.6) is 0 Å². The van der Waals surface area contributed by atoms with Gasteiger partial charge in [0.05, 0.1) is 12.5 Å². The molecule has 2 aliphatic heterocycles. The van der Waals surface area contributed by atoms with E-state index in [0.717, 1.165) is 32.2 Å². The molecule has 0 aromatic rings. The first-order valence-corrected chi connectivity index (χ1v) is 8.81. The lowest BCUT2D eigenvalue weighted by atomic mass is 10.1. The van der Waals surface area contributed by atoms with Gasteiger partial charge in [0.25, 0.3) is 0 Å². The van der Waals surface area contributed by atoms with E-state index in [1.165, 1.54) is 18.6 Å². The number of hydrogen-bond donors (Lipinski definition) is 1. The monoisotopic (exact) mass is 296 g/mol. The molecule has 0 radical (unpaired) electrons. The number of carbonyl (C=O) groups is 2. The summed E-state index contributed by atoms with van der Waals surface area (Å²) in [6, 6.07) is -0.0978. The van der Waals surface area contributed by atoms with E-state index in [-0.39, 0.29) is 28.6 Å². The third-order valence-electron chi connectivity index (χ3n) is 4.90. The molecule has 2 atom stereocenters. The van der Waals surface area contributed by atoms with Crippen LogP contribution in [0.15, 0.2) is 0 Å². The van der Waals surface area contributed by atoms with Gasteiger partial charge in [-0.2, -0.15) is 11.8 Å². The number of hydrogen-bond acceptors (Lipinski definition) is 4. The molecule has 0 spiro atoms. The molecule has 2 amide bonds. The van der Waals surface area contributed by atoms with Gasteiger partial charge in [0.1, 0.15) is 0 Å². The molecule has 2 unspecified atom stereocenters. The molecule has 0 aromatic carbocycles. The molecular formula is C15H24N2O2S. The summed E-state index contributed by atoms with van der Waals surface area (Å²) in [4.78, 5) is 26.1. The van der Waals surface area contributed by atoms with Crippen molar-refractivity contribution < 1.29 is 9.59 Å². The average Bonchev–Trinajstić information content (AvgIpc) is 3.10. The molecule has 20 heavy (non-hydrogen) atoms. The van der Waals surface area contributed by atoms with Gasteiger partial charge in [0.15, 0.2) is 0 Å². The summed E-state index contributed by atoms with van der Waals surface area (Å²) in [7, 11) is 0. The number of nitrogens with zero attached hydrogens (tertiary/aromatic N) is 1. The van der Waals surface area contributed by atoms with Crippen molar-refractivity contribution in [2.75, 3.05) is 12.3 Å². The lowest BCUT2D eigenvalue weighted by molar-refractivity contribution is -0.141. The highest BCUT2D eigenvalue weighted by atomic mass is 32.2. The van der Waals surface area contributed by atoms with Gasteiger partial charge < -0.3 is 5.32 Å². The highest BCUT2D eigenvalue weighted by Gasteiger charge is 2.43. The van der Waals surface area contributed by atoms with E-state index in [1.807, 2.05) is 11.8 Å². The van der Waals surface area contributed by atoms with Crippen molar-refractivity contribution in [3.63, 3.8) is 0 Å². The standard InChI is InChI=1S/C15H24N2O2S/c1-15(7-4-8-20-15)10-16-12-9-13(18)17(14(12)19)11-5-2-3-6-11/h11-12,16H,2-10H2,1H3. The molecule has 0 bridgehead atoms. The number of likely N-dealkylation sites (tertiary alicyclic amines) is 1. The highest BCUT2D eigenvalue weighted by molar-refractivity contribution is 8.00. The Labute approximate surface area is 125 Å². The average molecular weight is 296 g/mol. The fourth-order valence-electron chi connectivity index (χ4n) is 3.67. The van der Waals surface area contributed by atoms with Crippen LogP contribution in [0.1, 0.15) is 51.9 Å². The zero-order valence-corrected chi connectivity index (χ0v) is 13.0. The molecule has 3 fully saturated rings. The zero-order valence-electron chi connectivity index (χ0n) is 12.2. The summed E-state index contributed by atoms with van der Waals surface area (Å²) in [5.41, 5.74) is 0. The maximum Gasteiger partial charge on any atom is 0.247 e. The molecule has 1 N–H and O–H groups in total. The van der Waals surface area contributed by atoms with Crippen molar-refractivity contribution in [1.82, 2.24) is 10.2 Å². The van der Waals surface area contributed by atoms with E-state index in [4.69, 9.17) is 0 Å². The minimum atomic E-state index is -0.277. The number of thioether (sulfide) groups is 1. The maximum atomic E-state index is 12.4. The smallest absolute Gasteiger partial charge is 0.247 e. The first-order chi connectivity index (χ1) is 9.59. The molecule has 2 heterocycles. The highest BCUT2D eigenvalue weighted by Crippen LogP contribution is 2.37. The Hall–Kier alpha value is -0.550. The minimum Gasteiger partial charge on any atom is -0.304 e. The van der Waals surface area contributed by atoms with Crippen molar-refractivity contribution in [2.45, 2.75) is 68.7 Å². The van der Waals surface area contributed by atoms with Gasteiger partial charge >= 0.3 is 0 Å². The molecule has 0 aromatic heterocycles. The number of imide groups is 1. The molecule has 3 rings (SSSR count). The largest absolute Gasteiger partial charge is 0.304 e. The van der Waals surface area contributed by atoms with Crippen LogP contribution in [-0.2, 0) is 9.59 Å². The van der Waals surface area contributed by atoms with Crippen LogP contribution < -0.4 is 5.32 Å². The molecule has 1 saturated carbocycles. The van der Waals surface area contributed by atoms with Gasteiger partial charge in [-0.15, -0.1) is 0 Å². The van der Waals surface area contributed by atoms with E-state index >= 15 is 0 Å². The quantitative estimate of drug-likeness (QED) is 0.805. The molecule has 4 nitrogen and oxygen atoms in total. The lowest BCUT2D eigenvalue weighted by Gasteiger charge is -2.26. The Morgan fingerprint density at radius 3 is 2.70 bits per heavy atom. The number of rotatable bonds is 4. The summed E-state index contributed by atoms with van der Waals surface area (Å²) in [6.45, 7) is 3.09. The number of amides is 2. The second-order valence-electron chi connectivity index (χ2n) is 6.58. The van der Waals surface area contributed by atoms with Crippen LogP contribution in [-0.4, -0.2) is 45.8 Å². The van der Waals surface area contributed by atoms with Crippen LogP contribution in [0, 0.1) is 0 Å². The van der Waals surface area contributed by atoms with Crippen LogP contribution in [0.25, 0.3) is 0 Å². The van der Waals surface area contributed by atoms with Gasteiger partial charge in [0.2, 0.25) is 11.8 Å². The lowest BCUT2D eigenvalue weighted by Crippen LogP contribution is -2.46. The molecular weight excluding hydrogens is 272 g/mol. The number of nitrogens with one attached hydrogen (secondary N) is 1. The minimum absolute atomic E-state index is 0.0218. The summed E-state index contributed by atoms with van der Waals surface area (Å²) in [6.07, 6.45) is 7.11. The normalized spacial score (nSPS) is 35.5. The van der Waals surface area contributed by atoms with Crippen molar-refractivity contribution in [1.29, 1.82) is 0 Å². The summed E-state index contributed by atoms with van der Waals surface area (Å²) in [5.74, 6) is 1.27. The van der Waals surface area contributed by atoms with E-state index in [0.29, 0.717) is 6.42 Å². The molecule has 2 saturated heterocycles. The zero-order chi connectivity index (χ0) is 14.2. The third-order valence-corrected chi connectivity index (χ3v) is 6.43. The molecule has 112 valence electrons. The second kappa shape index (κ2) is 5.68. The summed E-state index contributed by atoms with van der Waals surface area (Å²) >= 11 is 1.98. The predicted molar refractivity (Wildman–Crippen MR) is 80.6 cm³/mol. The van der Waals surface area contributed by atoms with E-state index in [9.17, 15) is 9.59 Å². The van der Waals surface area contributed by atoms with Crippen LogP contribution in [0.4, 0.5) is 0 Å². The molecule has 3 aliphatic rings. The van der Waals surface area contributed by atoms with Crippen molar-refractivity contribution in [2.24, 2.45) is 0 Å². The SMILES string of the molecule is CC1(CNC2CC(=O)N(C3CCCC3)C2=O)CCCS1. The second-order valence-corrected chi connectivity index (χ2v) is 8.26. The Balaban J connectivity index is 1.58. The first kappa shape index (κ1) is 14.4. The fourth-order valence-corrected chi connectivity index (χ4v) is 4.93. The number of carbonyl (C=O) groups excluding carboxylic acids is 2. The summed E-state index contributed by atoms with van der Waals surface area (Å²) < 4.78 is 0.240. The van der Waals surface area contributed by atoms with Crippen LogP contribution in [0.2, 0.25) is 0 Å². The Kier molecular flexibility index (Phi) is 4.09. The maximum absolute atomic E-state index is 12.4. The van der Waals surface area contributed by atoms with Gasteiger partial charge in [-0.3, -0.25) is 14.5 Å². The van der Waals surface area contributed by atoms with Gasteiger partial charge in [-0.05, 0) is 38.4 Å². The van der Waals surface area contributed by atoms with Crippen LogP contribution in [0.3, 0.4) is 0 Å². The van der Waals surface area contributed by atoms with Crippen LogP contribution >= 0.6 is 11.8 Å². The summed E-state index contributed by atoms with van der Waals surface area (Å²) in [5, 5.41) is 3.36. The van der Waals surface area contributed by atoms with Gasteiger partial charge in [-0.25, -0.2) is 0 Å². The fraction of sp³-hybridized carbons (Fsp3) is 0.867.